The molecule has 0 spiro atoms. The van der Waals surface area contributed by atoms with Crippen LogP contribution in [0.5, 0.6) is 5.75 Å². The summed E-state index contributed by atoms with van der Waals surface area (Å²) in [6, 6.07) is 7.53. The summed E-state index contributed by atoms with van der Waals surface area (Å²) in [5.41, 5.74) is 2.61. The molecule has 7 nitrogen and oxygen atoms in total. The fourth-order valence-electron chi connectivity index (χ4n) is 2.77. The van der Waals surface area contributed by atoms with Gasteiger partial charge in [-0.1, -0.05) is 13.0 Å². The van der Waals surface area contributed by atoms with E-state index in [2.05, 4.69) is 15.4 Å². The molecule has 0 aliphatic heterocycles. The number of ether oxygens (including phenoxy) is 1. The predicted octanol–water partition coefficient (Wildman–Crippen LogP) is 2.60. The zero-order valence-corrected chi connectivity index (χ0v) is 14.3. The lowest BCUT2D eigenvalue weighted by molar-refractivity contribution is 0.415. The van der Waals surface area contributed by atoms with Crippen molar-refractivity contribution in [2.75, 3.05) is 12.4 Å². The number of rotatable bonds is 5. The maximum Gasteiger partial charge on any atom is 0.281 e. The summed E-state index contributed by atoms with van der Waals surface area (Å²) < 4.78 is 8.50. The van der Waals surface area contributed by atoms with E-state index in [0.29, 0.717) is 23.5 Å². The van der Waals surface area contributed by atoms with E-state index in [4.69, 9.17) is 4.74 Å². The molecule has 24 heavy (non-hydrogen) atoms. The van der Waals surface area contributed by atoms with Crippen molar-refractivity contribution in [3.8, 4) is 5.75 Å². The third-order valence-electron chi connectivity index (χ3n) is 3.88. The van der Waals surface area contributed by atoms with Gasteiger partial charge in [-0.2, -0.15) is 5.10 Å². The minimum Gasteiger partial charge on any atom is -0.497 e. The van der Waals surface area contributed by atoms with Crippen LogP contribution < -0.4 is 15.6 Å². The lowest BCUT2D eigenvalue weighted by atomic mass is 10.3. The van der Waals surface area contributed by atoms with Crippen LogP contribution in [0.25, 0.3) is 11.0 Å². The Balaban J connectivity index is 2.16. The van der Waals surface area contributed by atoms with Crippen molar-refractivity contribution in [2.24, 2.45) is 7.05 Å². The molecule has 0 unspecified atom stereocenters. The highest BCUT2D eigenvalue weighted by molar-refractivity contribution is 5.78. The molecule has 2 aromatic heterocycles. The summed E-state index contributed by atoms with van der Waals surface area (Å²) in [6.45, 7) is 4.47. The van der Waals surface area contributed by atoms with E-state index in [1.54, 1.807) is 23.4 Å². The molecule has 1 aromatic carbocycles. The molecule has 0 atom stereocenters. The molecule has 0 saturated heterocycles. The number of benzene rings is 1. The lowest BCUT2D eigenvalue weighted by Gasteiger charge is -2.14. The van der Waals surface area contributed by atoms with Gasteiger partial charge in [0.15, 0.2) is 5.52 Å². The molecule has 3 aromatic rings. The molecule has 0 saturated carbocycles. The van der Waals surface area contributed by atoms with Gasteiger partial charge in [-0.05, 0) is 25.5 Å². The number of hydrogen-bond donors (Lipinski definition) is 1. The normalized spacial score (nSPS) is 11.0. The molecule has 0 radical (unpaired) electrons. The van der Waals surface area contributed by atoms with Gasteiger partial charge in [0.25, 0.3) is 5.56 Å². The Morgan fingerprint density at radius 1 is 1.33 bits per heavy atom. The molecule has 0 aliphatic rings. The number of nitrogens with zero attached hydrogens (tertiary/aromatic N) is 4. The van der Waals surface area contributed by atoms with Gasteiger partial charge in [-0.25, -0.2) is 4.98 Å². The Bertz CT molecular complexity index is 942. The minimum absolute atomic E-state index is 0.0876. The van der Waals surface area contributed by atoms with Gasteiger partial charge in [-0.3, -0.25) is 14.0 Å². The van der Waals surface area contributed by atoms with Crippen LogP contribution >= 0.6 is 0 Å². The first kappa shape index (κ1) is 16.0. The van der Waals surface area contributed by atoms with Gasteiger partial charge in [0.05, 0.1) is 12.8 Å². The first-order valence-corrected chi connectivity index (χ1v) is 7.90. The van der Waals surface area contributed by atoms with Crippen molar-refractivity contribution in [1.29, 1.82) is 0 Å². The average Bonchev–Trinajstić information content (AvgIpc) is 2.85. The Morgan fingerprint density at radius 3 is 2.83 bits per heavy atom. The lowest BCUT2D eigenvalue weighted by Crippen LogP contribution is -2.25. The zero-order valence-electron chi connectivity index (χ0n) is 14.3. The zero-order chi connectivity index (χ0) is 17.3. The van der Waals surface area contributed by atoms with Crippen LogP contribution in [0.1, 0.15) is 19.0 Å². The molecule has 126 valence electrons. The van der Waals surface area contributed by atoms with Crippen LogP contribution in [0.3, 0.4) is 0 Å². The highest BCUT2D eigenvalue weighted by Gasteiger charge is 2.16. The van der Waals surface area contributed by atoms with Gasteiger partial charge >= 0.3 is 0 Å². The number of nitrogens with one attached hydrogen (secondary N) is 1. The van der Waals surface area contributed by atoms with E-state index >= 15 is 0 Å². The molecule has 0 fully saturated rings. The molecular formula is C17H21N5O2. The average molecular weight is 327 g/mol. The number of hydrogen-bond acceptors (Lipinski definition) is 5. The van der Waals surface area contributed by atoms with Crippen molar-refractivity contribution in [2.45, 2.75) is 26.8 Å². The van der Waals surface area contributed by atoms with E-state index in [9.17, 15) is 4.79 Å². The van der Waals surface area contributed by atoms with Gasteiger partial charge in [-0.15, -0.1) is 0 Å². The summed E-state index contributed by atoms with van der Waals surface area (Å²) in [6.07, 6.45) is 0.830. The van der Waals surface area contributed by atoms with Crippen LogP contribution in [0.2, 0.25) is 0 Å². The van der Waals surface area contributed by atoms with E-state index < -0.39 is 0 Å². The molecule has 2 heterocycles. The van der Waals surface area contributed by atoms with Crippen LogP contribution in [0.15, 0.2) is 29.1 Å². The summed E-state index contributed by atoms with van der Waals surface area (Å²) >= 11 is 0. The SMILES string of the molecule is CCCn1c(Nc2cccc(OC)c2)nc2c(C)nn(C)c2c1=O. The largest absolute Gasteiger partial charge is 0.497 e. The van der Waals surface area contributed by atoms with E-state index in [0.717, 1.165) is 23.6 Å². The van der Waals surface area contributed by atoms with E-state index in [-0.39, 0.29) is 5.56 Å². The first-order valence-electron chi connectivity index (χ1n) is 7.90. The topological polar surface area (TPSA) is 74.0 Å². The third-order valence-corrected chi connectivity index (χ3v) is 3.88. The number of aromatic nitrogens is 4. The van der Waals surface area contributed by atoms with Gasteiger partial charge < -0.3 is 10.1 Å². The second kappa shape index (κ2) is 6.35. The maximum atomic E-state index is 12.9. The molecule has 0 bridgehead atoms. The standard InChI is InChI=1S/C17H21N5O2/c1-5-9-22-16(23)15-14(11(2)20-21(15)3)19-17(22)18-12-7-6-8-13(10-12)24-4/h6-8,10H,5,9H2,1-4H3,(H,18,19). The smallest absolute Gasteiger partial charge is 0.281 e. The quantitative estimate of drug-likeness (QED) is 0.780. The predicted molar refractivity (Wildman–Crippen MR) is 94.1 cm³/mol. The van der Waals surface area contributed by atoms with Crippen molar-refractivity contribution >= 4 is 22.7 Å². The second-order valence-corrected chi connectivity index (χ2v) is 5.66. The summed E-state index contributed by atoms with van der Waals surface area (Å²) in [5, 5.41) is 7.56. The third kappa shape index (κ3) is 2.73. The molecule has 0 aliphatic carbocycles. The summed E-state index contributed by atoms with van der Waals surface area (Å²) in [7, 11) is 3.39. The van der Waals surface area contributed by atoms with Gasteiger partial charge in [0, 0.05) is 25.3 Å². The van der Waals surface area contributed by atoms with Crippen LogP contribution in [0.4, 0.5) is 11.6 Å². The fourth-order valence-corrected chi connectivity index (χ4v) is 2.77. The Morgan fingerprint density at radius 2 is 2.12 bits per heavy atom. The van der Waals surface area contributed by atoms with Crippen molar-refractivity contribution in [1.82, 2.24) is 19.3 Å². The Labute approximate surface area is 139 Å². The van der Waals surface area contributed by atoms with Gasteiger partial charge in [0.1, 0.15) is 11.3 Å². The Kier molecular flexibility index (Phi) is 4.24. The van der Waals surface area contributed by atoms with Crippen LogP contribution in [0, 0.1) is 6.92 Å². The van der Waals surface area contributed by atoms with E-state index in [1.807, 2.05) is 38.1 Å². The first-order chi connectivity index (χ1) is 11.5. The highest BCUT2D eigenvalue weighted by atomic mass is 16.5. The van der Waals surface area contributed by atoms with Crippen molar-refractivity contribution in [3.63, 3.8) is 0 Å². The second-order valence-electron chi connectivity index (χ2n) is 5.66. The van der Waals surface area contributed by atoms with Crippen LogP contribution in [-0.4, -0.2) is 26.4 Å². The number of anilines is 2. The van der Waals surface area contributed by atoms with E-state index in [1.165, 1.54) is 0 Å². The fraction of sp³-hybridized carbons (Fsp3) is 0.353. The van der Waals surface area contributed by atoms with Crippen molar-refractivity contribution in [3.05, 3.63) is 40.3 Å². The molecule has 1 N–H and O–H groups in total. The molecular weight excluding hydrogens is 306 g/mol. The Hall–Kier alpha value is -2.83. The molecule has 3 rings (SSSR count). The molecule has 7 heteroatoms. The number of fused-ring (bicyclic) bond motifs is 1. The van der Waals surface area contributed by atoms with Crippen LogP contribution in [-0.2, 0) is 13.6 Å². The number of methoxy groups -OCH3 is 1. The highest BCUT2D eigenvalue weighted by Crippen LogP contribution is 2.22. The molecule has 0 amide bonds. The number of aryl methyl sites for hydroxylation is 2. The minimum atomic E-state index is -0.0876. The monoisotopic (exact) mass is 327 g/mol. The maximum absolute atomic E-state index is 12.9. The van der Waals surface area contributed by atoms with Crippen molar-refractivity contribution < 1.29 is 4.74 Å². The summed E-state index contributed by atoms with van der Waals surface area (Å²) in [4.78, 5) is 17.5. The summed E-state index contributed by atoms with van der Waals surface area (Å²) in [5.74, 6) is 1.25. The van der Waals surface area contributed by atoms with Gasteiger partial charge in [0.2, 0.25) is 5.95 Å².